The summed E-state index contributed by atoms with van der Waals surface area (Å²) in [6.07, 6.45) is 1.40. The molecule has 0 aliphatic rings. The van der Waals surface area contributed by atoms with Crippen molar-refractivity contribution in [1.82, 2.24) is 20.7 Å². The number of H-pyrrole nitrogens is 1. The Balaban J connectivity index is 2.16. The lowest BCUT2D eigenvalue weighted by Gasteiger charge is -2.26. The summed E-state index contributed by atoms with van der Waals surface area (Å²) in [5, 5.41) is 12.7. The van der Waals surface area contributed by atoms with Crippen LogP contribution in [0.1, 0.15) is 29.9 Å². The molecule has 1 amide bonds. The van der Waals surface area contributed by atoms with E-state index < -0.39 is 5.54 Å². The third kappa shape index (κ3) is 2.76. The molecular weight excluding hydrogens is 296 g/mol. The molecule has 0 radical (unpaired) electrons. The molecule has 0 spiro atoms. The summed E-state index contributed by atoms with van der Waals surface area (Å²) in [5.41, 5.74) is 0.819. The number of benzene rings is 1. The van der Waals surface area contributed by atoms with E-state index in [9.17, 15) is 4.79 Å². The molecule has 2 aromatic rings. The lowest BCUT2D eigenvalue weighted by atomic mass is 9.94. The van der Waals surface area contributed by atoms with E-state index in [1.165, 1.54) is 6.20 Å². The molecule has 0 saturated carbocycles. The topological polar surface area (TPSA) is 70.7 Å². The van der Waals surface area contributed by atoms with Gasteiger partial charge in [0.15, 0.2) is 5.69 Å². The van der Waals surface area contributed by atoms with Crippen LogP contribution in [0.5, 0.6) is 0 Å². The van der Waals surface area contributed by atoms with E-state index in [4.69, 9.17) is 0 Å². The molecule has 0 unspecified atom stereocenters. The van der Waals surface area contributed by atoms with Crippen LogP contribution >= 0.6 is 15.9 Å². The lowest BCUT2D eigenvalue weighted by Crippen LogP contribution is -2.41. The van der Waals surface area contributed by atoms with Crippen LogP contribution in [-0.4, -0.2) is 21.3 Å². The van der Waals surface area contributed by atoms with E-state index in [-0.39, 0.29) is 11.6 Å². The molecule has 0 aliphatic heterocycles. The molecule has 18 heavy (non-hydrogen) atoms. The molecule has 0 aliphatic carbocycles. The van der Waals surface area contributed by atoms with Crippen LogP contribution in [0.25, 0.3) is 0 Å². The minimum Gasteiger partial charge on any atom is -0.342 e. The third-order valence-electron chi connectivity index (χ3n) is 2.64. The van der Waals surface area contributed by atoms with Gasteiger partial charge in [0.1, 0.15) is 0 Å². The first-order chi connectivity index (χ1) is 8.49. The smallest absolute Gasteiger partial charge is 0.274 e. The summed E-state index contributed by atoms with van der Waals surface area (Å²) < 4.78 is 1.00. The first kappa shape index (κ1) is 12.8. The Labute approximate surface area is 113 Å². The van der Waals surface area contributed by atoms with Gasteiger partial charge in [-0.05, 0) is 31.5 Å². The van der Waals surface area contributed by atoms with Crippen molar-refractivity contribution in [3.05, 3.63) is 46.2 Å². The Morgan fingerprint density at radius 1 is 1.33 bits per heavy atom. The summed E-state index contributed by atoms with van der Waals surface area (Å²) in [5.74, 6) is -0.253. The summed E-state index contributed by atoms with van der Waals surface area (Å²) in [4.78, 5) is 11.9. The molecular formula is C12H13BrN4O. The highest BCUT2D eigenvalue weighted by molar-refractivity contribution is 9.10. The van der Waals surface area contributed by atoms with Crippen molar-refractivity contribution in [2.24, 2.45) is 0 Å². The van der Waals surface area contributed by atoms with Crippen molar-refractivity contribution < 1.29 is 4.79 Å². The molecule has 0 saturated heterocycles. The molecule has 1 aromatic heterocycles. The van der Waals surface area contributed by atoms with Crippen molar-refractivity contribution in [3.63, 3.8) is 0 Å². The number of nitrogens with one attached hydrogen (secondary N) is 2. The van der Waals surface area contributed by atoms with Crippen LogP contribution in [0.15, 0.2) is 34.9 Å². The molecule has 1 aromatic carbocycles. The zero-order valence-electron chi connectivity index (χ0n) is 10.1. The molecule has 5 nitrogen and oxygen atoms in total. The number of halogens is 1. The van der Waals surface area contributed by atoms with Gasteiger partial charge in [-0.25, -0.2) is 0 Å². The van der Waals surface area contributed by atoms with E-state index in [0.29, 0.717) is 0 Å². The van der Waals surface area contributed by atoms with Crippen LogP contribution < -0.4 is 5.32 Å². The number of aromatic amines is 1. The van der Waals surface area contributed by atoms with Crippen LogP contribution in [0.4, 0.5) is 0 Å². The van der Waals surface area contributed by atoms with Gasteiger partial charge in [-0.1, -0.05) is 28.1 Å². The van der Waals surface area contributed by atoms with E-state index in [1.807, 2.05) is 38.1 Å². The largest absolute Gasteiger partial charge is 0.342 e. The van der Waals surface area contributed by atoms with Crippen LogP contribution in [0, 0.1) is 0 Å². The number of nitrogens with zero attached hydrogens (tertiary/aromatic N) is 2. The van der Waals surface area contributed by atoms with Crippen LogP contribution in [-0.2, 0) is 5.54 Å². The number of hydrogen-bond acceptors (Lipinski definition) is 3. The average Bonchev–Trinajstić information content (AvgIpc) is 2.82. The van der Waals surface area contributed by atoms with Crippen LogP contribution in [0.2, 0.25) is 0 Å². The Morgan fingerprint density at radius 2 is 2.00 bits per heavy atom. The van der Waals surface area contributed by atoms with Gasteiger partial charge >= 0.3 is 0 Å². The molecule has 0 atom stereocenters. The summed E-state index contributed by atoms with van der Waals surface area (Å²) in [7, 11) is 0. The number of hydrogen-bond donors (Lipinski definition) is 2. The molecule has 0 fully saturated rings. The summed E-state index contributed by atoms with van der Waals surface area (Å²) >= 11 is 3.38. The second-order valence-electron chi connectivity index (χ2n) is 4.44. The van der Waals surface area contributed by atoms with E-state index in [1.54, 1.807) is 0 Å². The highest BCUT2D eigenvalue weighted by Gasteiger charge is 2.24. The van der Waals surface area contributed by atoms with Gasteiger partial charge in [-0.2, -0.15) is 15.4 Å². The van der Waals surface area contributed by atoms with Gasteiger partial charge in [0.05, 0.1) is 11.7 Å². The molecule has 2 N–H and O–H groups in total. The van der Waals surface area contributed by atoms with Gasteiger partial charge in [-0.3, -0.25) is 4.79 Å². The average molecular weight is 309 g/mol. The van der Waals surface area contributed by atoms with Crippen molar-refractivity contribution in [3.8, 4) is 0 Å². The van der Waals surface area contributed by atoms with Gasteiger partial charge in [0.25, 0.3) is 5.91 Å². The zero-order chi connectivity index (χ0) is 13.2. The Hall–Kier alpha value is -1.69. The maximum atomic E-state index is 11.9. The van der Waals surface area contributed by atoms with Crippen molar-refractivity contribution in [2.45, 2.75) is 19.4 Å². The highest BCUT2D eigenvalue weighted by atomic mass is 79.9. The van der Waals surface area contributed by atoms with Gasteiger partial charge in [0.2, 0.25) is 0 Å². The minimum atomic E-state index is -0.475. The second kappa shape index (κ2) is 4.89. The zero-order valence-corrected chi connectivity index (χ0v) is 11.7. The first-order valence-electron chi connectivity index (χ1n) is 5.43. The van der Waals surface area contributed by atoms with Crippen LogP contribution in [0.3, 0.4) is 0 Å². The van der Waals surface area contributed by atoms with E-state index in [0.717, 1.165) is 10.0 Å². The Bertz CT molecular complexity index is 534. The number of amides is 1. The Kier molecular flexibility index (Phi) is 3.47. The SMILES string of the molecule is CC(C)(NC(=O)c1cn[nH]n1)c1ccc(Br)cc1. The van der Waals surface area contributed by atoms with Gasteiger partial charge in [-0.15, -0.1) is 0 Å². The monoisotopic (exact) mass is 308 g/mol. The Morgan fingerprint density at radius 3 is 2.56 bits per heavy atom. The predicted molar refractivity (Wildman–Crippen MR) is 71.0 cm³/mol. The molecule has 0 bridgehead atoms. The maximum absolute atomic E-state index is 11.9. The van der Waals surface area contributed by atoms with Gasteiger partial charge in [0, 0.05) is 4.47 Å². The molecule has 1 heterocycles. The summed E-state index contributed by atoms with van der Waals surface area (Å²) in [6, 6.07) is 7.82. The quantitative estimate of drug-likeness (QED) is 0.913. The molecule has 2 rings (SSSR count). The van der Waals surface area contributed by atoms with Crippen molar-refractivity contribution in [1.29, 1.82) is 0 Å². The fourth-order valence-corrected chi connectivity index (χ4v) is 1.86. The first-order valence-corrected chi connectivity index (χ1v) is 6.23. The maximum Gasteiger partial charge on any atom is 0.274 e. The normalized spacial score (nSPS) is 11.3. The molecule has 94 valence electrons. The third-order valence-corrected chi connectivity index (χ3v) is 3.17. The van der Waals surface area contributed by atoms with E-state index in [2.05, 4.69) is 36.7 Å². The highest BCUT2D eigenvalue weighted by Crippen LogP contribution is 2.22. The predicted octanol–water partition coefficient (Wildman–Crippen LogP) is 2.23. The number of carbonyl (C=O) groups excluding carboxylic acids is 1. The number of rotatable bonds is 3. The van der Waals surface area contributed by atoms with Crippen molar-refractivity contribution in [2.75, 3.05) is 0 Å². The van der Waals surface area contributed by atoms with Gasteiger partial charge < -0.3 is 5.32 Å². The number of carbonyl (C=O) groups is 1. The summed E-state index contributed by atoms with van der Waals surface area (Å²) in [6.45, 7) is 3.88. The standard InChI is InChI=1S/C12H13BrN4O/c1-12(2,8-3-5-9(13)6-4-8)15-11(18)10-7-14-17-16-10/h3-7H,1-2H3,(H,15,18)(H,14,16,17). The second-order valence-corrected chi connectivity index (χ2v) is 5.36. The van der Waals surface area contributed by atoms with Crippen molar-refractivity contribution >= 4 is 21.8 Å². The number of aromatic nitrogens is 3. The van der Waals surface area contributed by atoms with E-state index >= 15 is 0 Å². The fourth-order valence-electron chi connectivity index (χ4n) is 1.60. The molecule has 6 heteroatoms. The lowest BCUT2D eigenvalue weighted by molar-refractivity contribution is 0.0907. The fraction of sp³-hybridized carbons (Fsp3) is 0.250. The minimum absolute atomic E-state index is 0.253.